The highest BCUT2D eigenvalue weighted by Crippen LogP contribution is 2.63. The summed E-state index contributed by atoms with van der Waals surface area (Å²) < 4.78 is 14.4. The Labute approximate surface area is 132 Å². The molecule has 0 spiro atoms. The number of carbonyl (C=O) groups is 1. The smallest absolute Gasteiger partial charge is 0.224 e. The zero-order chi connectivity index (χ0) is 14.6. The van der Waals surface area contributed by atoms with E-state index in [1.807, 2.05) is 6.07 Å². The molecule has 1 aliphatic heterocycles. The van der Waals surface area contributed by atoms with Gasteiger partial charge in [0.1, 0.15) is 5.82 Å². The maximum atomic E-state index is 14.4. The molecule has 0 aromatic heterocycles. The van der Waals surface area contributed by atoms with Crippen LogP contribution in [0, 0.1) is 23.6 Å². The van der Waals surface area contributed by atoms with Crippen LogP contribution in [0.25, 0.3) is 0 Å². The Kier molecular flexibility index (Phi) is 3.32. The number of aryl methyl sites for hydroxylation is 1. The quantitative estimate of drug-likeness (QED) is 0.776. The minimum atomic E-state index is -0.193. The SMILES string of the molecule is O=C1CCc2cc(C(Br)C3C4CCCCC43)c(F)cc2N1. The van der Waals surface area contributed by atoms with Crippen molar-refractivity contribution in [2.45, 2.75) is 43.4 Å². The van der Waals surface area contributed by atoms with Crippen molar-refractivity contribution in [3.8, 4) is 0 Å². The average Bonchev–Trinajstić information content (AvgIpc) is 3.20. The van der Waals surface area contributed by atoms with Crippen molar-refractivity contribution in [2.24, 2.45) is 17.8 Å². The molecule has 3 unspecified atom stereocenters. The van der Waals surface area contributed by atoms with Crippen molar-refractivity contribution in [1.82, 2.24) is 0 Å². The van der Waals surface area contributed by atoms with Gasteiger partial charge in [-0.3, -0.25) is 4.79 Å². The first-order valence-corrected chi connectivity index (χ1v) is 8.83. The fourth-order valence-corrected chi connectivity index (χ4v) is 5.46. The van der Waals surface area contributed by atoms with Gasteiger partial charge in [-0.15, -0.1) is 0 Å². The molecular weight excluding hydrogens is 333 g/mol. The van der Waals surface area contributed by atoms with Crippen molar-refractivity contribution in [2.75, 3.05) is 5.32 Å². The number of rotatable bonds is 2. The summed E-state index contributed by atoms with van der Waals surface area (Å²) >= 11 is 3.77. The maximum absolute atomic E-state index is 14.4. The Hall–Kier alpha value is -0.900. The number of carbonyl (C=O) groups excluding carboxylic acids is 1. The summed E-state index contributed by atoms with van der Waals surface area (Å²) in [6, 6.07) is 3.47. The van der Waals surface area contributed by atoms with E-state index in [4.69, 9.17) is 0 Å². The number of amides is 1. The number of anilines is 1. The number of halogens is 2. The predicted molar refractivity (Wildman–Crippen MR) is 84.0 cm³/mol. The maximum Gasteiger partial charge on any atom is 0.224 e. The highest BCUT2D eigenvalue weighted by molar-refractivity contribution is 9.09. The second kappa shape index (κ2) is 5.08. The molecular formula is C17H19BrFNO. The molecule has 3 aliphatic rings. The summed E-state index contributed by atoms with van der Waals surface area (Å²) in [5, 5.41) is 2.77. The number of hydrogen-bond donors (Lipinski definition) is 1. The molecule has 1 heterocycles. The summed E-state index contributed by atoms with van der Waals surface area (Å²) in [4.78, 5) is 11.5. The molecule has 21 heavy (non-hydrogen) atoms. The van der Waals surface area contributed by atoms with Crippen LogP contribution in [0.1, 0.15) is 48.1 Å². The van der Waals surface area contributed by atoms with Gasteiger partial charge in [-0.25, -0.2) is 4.39 Å². The first kappa shape index (κ1) is 13.7. The Morgan fingerprint density at radius 1 is 1.19 bits per heavy atom. The zero-order valence-corrected chi connectivity index (χ0v) is 13.5. The van der Waals surface area contributed by atoms with Crippen molar-refractivity contribution >= 4 is 27.5 Å². The minimum Gasteiger partial charge on any atom is -0.326 e. The monoisotopic (exact) mass is 351 g/mol. The molecule has 112 valence electrons. The van der Waals surface area contributed by atoms with E-state index in [9.17, 15) is 9.18 Å². The summed E-state index contributed by atoms with van der Waals surface area (Å²) in [5.41, 5.74) is 2.50. The molecule has 4 heteroatoms. The fraction of sp³-hybridized carbons (Fsp3) is 0.588. The second-order valence-electron chi connectivity index (χ2n) is 6.67. The molecule has 2 fully saturated rings. The summed E-state index contributed by atoms with van der Waals surface area (Å²) in [7, 11) is 0. The van der Waals surface area contributed by atoms with Gasteiger partial charge in [-0.2, -0.15) is 0 Å². The van der Waals surface area contributed by atoms with E-state index in [0.717, 1.165) is 23.0 Å². The summed E-state index contributed by atoms with van der Waals surface area (Å²) in [5.74, 6) is 1.97. The summed E-state index contributed by atoms with van der Waals surface area (Å²) in [6.07, 6.45) is 6.48. The third-order valence-corrected chi connectivity index (χ3v) is 6.58. The van der Waals surface area contributed by atoms with Gasteiger partial charge in [0.05, 0.1) is 0 Å². The fourth-order valence-electron chi connectivity index (χ4n) is 4.32. The molecule has 4 rings (SSSR count). The third kappa shape index (κ3) is 2.32. The van der Waals surface area contributed by atoms with Gasteiger partial charge in [0, 0.05) is 22.5 Å². The van der Waals surface area contributed by atoms with Crippen LogP contribution in [0.5, 0.6) is 0 Å². The topological polar surface area (TPSA) is 29.1 Å². The first-order valence-electron chi connectivity index (χ1n) is 7.91. The van der Waals surface area contributed by atoms with Gasteiger partial charge >= 0.3 is 0 Å². The van der Waals surface area contributed by atoms with Crippen molar-refractivity contribution in [3.05, 3.63) is 29.1 Å². The number of hydrogen-bond acceptors (Lipinski definition) is 1. The molecule has 0 saturated heterocycles. The van der Waals surface area contributed by atoms with Crippen LogP contribution in [0.4, 0.5) is 10.1 Å². The minimum absolute atomic E-state index is 0.0155. The zero-order valence-electron chi connectivity index (χ0n) is 11.9. The van der Waals surface area contributed by atoms with Crippen LogP contribution >= 0.6 is 15.9 Å². The van der Waals surface area contributed by atoms with E-state index in [1.54, 1.807) is 0 Å². The molecule has 1 aromatic carbocycles. The standard InChI is InChI=1S/C17H19BrFNO/c18-17(16-10-3-1-2-4-11(10)16)12-7-9-5-6-15(21)20-14(9)8-13(12)19/h7-8,10-11,16-17H,1-6H2,(H,20,21). The second-order valence-corrected chi connectivity index (χ2v) is 7.66. The molecule has 0 bridgehead atoms. The lowest BCUT2D eigenvalue weighted by molar-refractivity contribution is -0.116. The average molecular weight is 352 g/mol. The lowest BCUT2D eigenvalue weighted by Gasteiger charge is -2.20. The largest absolute Gasteiger partial charge is 0.326 e. The number of benzene rings is 1. The van der Waals surface area contributed by atoms with Crippen LogP contribution in [0.15, 0.2) is 12.1 Å². The Morgan fingerprint density at radius 3 is 2.62 bits per heavy atom. The van der Waals surface area contributed by atoms with Crippen LogP contribution in [-0.4, -0.2) is 5.91 Å². The Balaban J connectivity index is 1.61. The molecule has 2 saturated carbocycles. The predicted octanol–water partition coefficient (Wildman–Crippen LogP) is 4.58. The van der Waals surface area contributed by atoms with E-state index in [0.29, 0.717) is 24.4 Å². The molecule has 1 aromatic rings. The normalized spacial score (nSPS) is 31.9. The van der Waals surface area contributed by atoms with Gasteiger partial charge in [0.25, 0.3) is 0 Å². The van der Waals surface area contributed by atoms with Gasteiger partial charge in [-0.05, 0) is 54.7 Å². The molecule has 1 N–H and O–H groups in total. The van der Waals surface area contributed by atoms with E-state index < -0.39 is 0 Å². The van der Waals surface area contributed by atoms with E-state index in [2.05, 4.69) is 21.2 Å². The van der Waals surface area contributed by atoms with Crippen molar-refractivity contribution in [3.63, 3.8) is 0 Å². The molecule has 2 aliphatic carbocycles. The van der Waals surface area contributed by atoms with Crippen molar-refractivity contribution < 1.29 is 9.18 Å². The van der Waals surface area contributed by atoms with E-state index in [-0.39, 0.29) is 16.6 Å². The van der Waals surface area contributed by atoms with Crippen molar-refractivity contribution in [1.29, 1.82) is 0 Å². The van der Waals surface area contributed by atoms with Crippen LogP contribution < -0.4 is 5.32 Å². The highest BCUT2D eigenvalue weighted by atomic mass is 79.9. The molecule has 1 amide bonds. The number of alkyl halides is 1. The highest BCUT2D eigenvalue weighted by Gasteiger charge is 2.54. The summed E-state index contributed by atoms with van der Waals surface area (Å²) in [6.45, 7) is 0. The first-order chi connectivity index (χ1) is 10.1. The number of fused-ring (bicyclic) bond motifs is 2. The van der Waals surface area contributed by atoms with Crippen LogP contribution in [-0.2, 0) is 11.2 Å². The van der Waals surface area contributed by atoms with E-state index in [1.165, 1.54) is 31.7 Å². The van der Waals surface area contributed by atoms with Gasteiger partial charge in [-0.1, -0.05) is 28.8 Å². The Morgan fingerprint density at radius 2 is 1.90 bits per heavy atom. The molecule has 3 atom stereocenters. The lowest BCUT2D eigenvalue weighted by Crippen LogP contribution is -2.19. The lowest BCUT2D eigenvalue weighted by atomic mass is 9.97. The van der Waals surface area contributed by atoms with Gasteiger partial charge < -0.3 is 5.32 Å². The van der Waals surface area contributed by atoms with Gasteiger partial charge in [0.15, 0.2) is 0 Å². The van der Waals surface area contributed by atoms with Crippen LogP contribution in [0.2, 0.25) is 0 Å². The van der Waals surface area contributed by atoms with E-state index >= 15 is 0 Å². The van der Waals surface area contributed by atoms with Gasteiger partial charge in [0.2, 0.25) is 5.91 Å². The molecule has 0 radical (unpaired) electrons. The number of nitrogens with one attached hydrogen (secondary N) is 1. The third-order valence-electron chi connectivity index (χ3n) is 5.48. The molecule has 2 nitrogen and oxygen atoms in total. The van der Waals surface area contributed by atoms with Crippen LogP contribution in [0.3, 0.4) is 0 Å². The Bertz CT molecular complexity index is 591.